The maximum Gasteiger partial charge on any atom is 0.254 e. The number of hydrogen-bond donors (Lipinski definition) is 0. The standard InChI is InChI=1S/C28H27FN2O4/c1-2-32-25-26(34-25)33-24-6-4-3-5-18(24)11-13-27-14-12-20-15-23-19(16-28(20,27)35-27)17-30-31(23)22-9-7-21(29)8-10-22/h3-10,15,17,25-26H,2,11-14,16H2,1H3. The van der Waals surface area contributed by atoms with E-state index in [4.69, 9.17) is 18.9 Å². The molecule has 1 spiro atoms. The first-order valence-corrected chi connectivity index (χ1v) is 12.4. The molecule has 7 heteroatoms. The monoisotopic (exact) mass is 474 g/mol. The van der Waals surface area contributed by atoms with Gasteiger partial charge in [0, 0.05) is 18.6 Å². The number of epoxide rings is 2. The lowest BCUT2D eigenvalue weighted by molar-refractivity contribution is 0.0591. The summed E-state index contributed by atoms with van der Waals surface area (Å²) in [6, 6.07) is 14.6. The molecular formula is C28H27FN2O4. The molecule has 6 nitrogen and oxygen atoms in total. The maximum absolute atomic E-state index is 13.4. The highest BCUT2D eigenvalue weighted by Crippen LogP contribution is 2.67. The molecule has 3 heterocycles. The maximum atomic E-state index is 13.4. The summed E-state index contributed by atoms with van der Waals surface area (Å²) < 4.78 is 38.9. The molecule has 4 aliphatic rings. The van der Waals surface area contributed by atoms with Crippen LogP contribution in [0, 0.1) is 5.82 Å². The van der Waals surface area contributed by atoms with Crippen LogP contribution in [-0.4, -0.2) is 40.2 Å². The summed E-state index contributed by atoms with van der Waals surface area (Å²) in [7, 11) is 0. The fourth-order valence-electron chi connectivity index (χ4n) is 5.98. The molecule has 0 amide bonds. The zero-order chi connectivity index (χ0) is 23.6. The molecule has 2 aliphatic carbocycles. The third kappa shape index (κ3) is 3.37. The van der Waals surface area contributed by atoms with Crippen LogP contribution in [0.2, 0.25) is 0 Å². The average Bonchev–Trinajstić information content (AvgIpc) is 3.65. The van der Waals surface area contributed by atoms with Gasteiger partial charge in [0.25, 0.3) is 6.29 Å². The fraction of sp³-hybridized carbons (Fsp3) is 0.393. The van der Waals surface area contributed by atoms with Crippen molar-refractivity contribution in [2.45, 2.75) is 62.8 Å². The first kappa shape index (κ1) is 21.3. The molecule has 2 aromatic carbocycles. The predicted molar refractivity (Wildman–Crippen MR) is 127 cm³/mol. The Hall–Kier alpha value is -3.00. The predicted octanol–water partition coefficient (Wildman–Crippen LogP) is 4.98. The van der Waals surface area contributed by atoms with Gasteiger partial charge in [0.1, 0.15) is 22.8 Å². The van der Waals surface area contributed by atoms with Gasteiger partial charge in [-0.1, -0.05) is 18.2 Å². The highest BCUT2D eigenvalue weighted by molar-refractivity contribution is 5.66. The third-order valence-electron chi connectivity index (χ3n) is 7.85. The molecule has 4 unspecified atom stereocenters. The lowest BCUT2D eigenvalue weighted by Gasteiger charge is -2.20. The number of para-hydroxylation sites is 1. The molecule has 0 bridgehead atoms. The van der Waals surface area contributed by atoms with Gasteiger partial charge < -0.3 is 18.9 Å². The van der Waals surface area contributed by atoms with Crippen LogP contribution in [-0.2, 0) is 27.1 Å². The number of ether oxygens (including phenoxy) is 4. The van der Waals surface area contributed by atoms with E-state index < -0.39 is 0 Å². The molecular weight excluding hydrogens is 447 g/mol. The molecule has 0 N–H and O–H groups in total. The first-order valence-electron chi connectivity index (χ1n) is 12.4. The topological polar surface area (TPSA) is 61.3 Å². The number of rotatable bonds is 8. The van der Waals surface area contributed by atoms with E-state index in [0.717, 1.165) is 54.8 Å². The van der Waals surface area contributed by atoms with Crippen LogP contribution < -0.4 is 4.74 Å². The summed E-state index contributed by atoms with van der Waals surface area (Å²) in [6.07, 6.45) is 8.28. The van der Waals surface area contributed by atoms with E-state index in [-0.39, 0.29) is 29.6 Å². The van der Waals surface area contributed by atoms with E-state index >= 15 is 0 Å². The lowest BCUT2D eigenvalue weighted by Crippen LogP contribution is -2.27. The van der Waals surface area contributed by atoms with Crippen molar-refractivity contribution in [1.29, 1.82) is 0 Å². The van der Waals surface area contributed by atoms with E-state index in [2.05, 4.69) is 17.2 Å². The van der Waals surface area contributed by atoms with Crippen LogP contribution in [0.5, 0.6) is 5.75 Å². The van der Waals surface area contributed by atoms with Crippen LogP contribution in [0.4, 0.5) is 4.39 Å². The molecule has 2 saturated heterocycles. The highest BCUT2D eigenvalue weighted by atomic mass is 19.1. The largest absolute Gasteiger partial charge is 0.459 e. The molecule has 1 saturated carbocycles. The van der Waals surface area contributed by atoms with Crippen LogP contribution in [0.3, 0.4) is 0 Å². The minimum atomic E-state index is -0.326. The molecule has 0 radical (unpaired) electrons. The Bertz CT molecular complexity index is 1320. The number of fused-ring (bicyclic) bond motifs is 1. The van der Waals surface area contributed by atoms with Gasteiger partial charge in [-0.25, -0.2) is 9.07 Å². The second kappa shape index (κ2) is 7.75. The smallest absolute Gasteiger partial charge is 0.254 e. The molecule has 35 heavy (non-hydrogen) atoms. The van der Waals surface area contributed by atoms with Crippen molar-refractivity contribution in [2.24, 2.45) is 0 Å². The van der Waals surface area contributed by atoms with Crippen molar-refractivity contribution in [3.05, 3.63) is 82.9 Å². The van der Waals surface area contributed by atoms with Gasteiger partial charge in [-0.3, -0.25) is 0 Å². The number of halogens is 1. The number of nitrogens with zero attached hydrogens (tertiary/aromatic N) is 2. The molecule has 2 aliphatic heterocycles. The zero-order valence-corrected chi connectivity index (χ0v) is 19.6. The normalized spacial score (nSPS) is 29.7. The van der Waals surface area contributed by atoms with E-state index in [1.807, 2.05) is 36.0 Å². The van der Waals surface area contributed by atoms with Crippen LogP contribution >= 0.6 is 0 Å². The second-order valence-corrected chi connectivity index (χ2v) is 9.77. The number of benzene rings is 2. The summed E-state index contributed by atoms with van der Waals surface area (Å²) in [5.41, 5.74) is 5.29. The highest BCUT2D eigenvalue weighted by Gasteiger charge is 2.74. The molecule has 7 rings (SSSR count). The van der Waals surface area contributed by atoms with Crippen molar-refractivity contribution >= 4 is 6.08 Å². The van der Waals surface area contributed by atoms with Gasteiger partial charge in [0.15, 0.2) is 0 Å². The molecule has 180 valence electrons. The Labute approximate surface area is 203 Å². The molecule has 4 atom stereocenters. The second-order valence-electron chi connectivity index (χ2n) is 9.77. The van der Waals surface area contributed by atoms with E-state index in [1.165, 1.54) is 23.3 Å². The molecule has 3 fully saturated rings. The van der Waals surface area contributed by atoms with Gasteiger partial charge in [-0.05, 0) is 80.2 Å². The Morgan fingerprint density at radius 2 is 2.00 bits per heavy atom. The van der Waals surface area contributed by atoms with E-state index in [9.17, 15) is 4.39 Å². The summed E-state index contributed by atoms with van der Waals surface area (Å²) in [5.74, 6) is 0.607. The Morgan fingerprint density at radius 1 is 1.14 bits per heavy atom. The first-order chi connectivity index (χ1) is 17.1. The lowest BCUT2D eigenvalue weighted by atomic mass is 9.81. The van der Waals surface area contributed by atoms with Crippen LogP contribution in [0.25, 0.3) is 11.8 Å². The zero-order valence-electron chi connectivity index (χ0n) is 19.6. The fourth-order valence-corrected chi connectivity index (χ4v) is 5.98. The number of hydrogen-bond acceptors (Lipinski definition) is 5. The van der Waals surface area contributed by atoms with Gasteiger partial charge in [0.05, 0.1) is 17.6 Å². The average molecular weight is 475 g/mol. The molecule has 3 aromatic rings. The van der Waals surface area contributed by atoms with Gasteiger partial charge in [-0.2, -0.15) is 5.10 Å². The molecule has 1 aromatic heterocycles. The van der Waals surface area contributed by atoms with Crippen molar-refractivity contribution in [3.8, 4) is 11.4 Å². The van der Waals surface area contributed by atoms with E-state index in [0.29, 0.717) is 6.61 Å². The minimum Gasteiger partial charge on any atom is -0.459 e. The van der Waals surface area contributed by atoms with Crippen LogP contribution in [0.1, 0.15) is 43.0 Å². The SMILES string of the molecule is CCOC1OC1Oc1ccccc1CCC12CCC3=Cc4c(cnn4-c4ccc(F)cc4)CC31O2. The Morgan fingerprint density at radius 3 is 2.86 bits per heavy atom. The minimum absolute atomic E-state index is 0.133. The quantitative estimate of drug-likeness (QED) is 0.431. The summed E-state index contributed by atoms with van der Waals surface area (Å²) in [4.78, 5) is 0. The Kier molecular flexibility index (Phi) is 4.72. The van der Waals surface area contributed by atoms with E-state index in [1.54, 1.807) is 12.1 Å². The number of aromatic nitrogens is 2. The van der Waals surface area contributed by atoms with Crippen LogP contribution in [0.15, 0.2) is 60.3 Å². The van der Waals surface area contributed by atoms with Gasteiger partial charge >= 0.3 is 0 Å². The van der Waals surface area contributed by atoms with Crippen molar-refractivity contribution < 1.29 is 23.3 Å². The summed E-state index contributed by atoms with van der Waals surface area (Å²) >= 11 is 0. The number of aryl methyl sites for hydroxylation is 1. The summed E-state index contributed by atoms with van der Waals surface area (Å²) in [6.45, 7) is 2.55. The van der Waals surface area contributed by atoms with Crippen molar-refractivity contribution in [3.63, 3.8) is 0 Å². The van der Waals surface area contributed by atoms with Gasteiger partial charge in [0.2, 0.25) is 6.29 Å². The van der Waals surface area contributed by atoms with Gasteiger partial charge in [-0.15, -0.1) is 0 Å². The third-order valence-corrected chi connectivity index (χ3v) is 7.85. The van der Waals surface area contributed by atoms with Crippen molar-refractivity contribution in [1.82, 2.24) is 9.78 Å². The summed E-state index contributed by atoms with van der Waals surface area (Å²) in [5, 5.41) is 4.61. The van der Waals surface area contributed by atoms with Crippen molar-refractivity contribution in [2.75, 3.05) is 6.61 Å². The Balaban J connectivity index is 1.08.